The van der Waals surface area contributed by atoms with Crippen LogP contribution in [0.4, 0.5) is 0 Å². The van der Waals surface area contributed by atoms with E-state index in [0.29, 0.717) is 40.1 Å². The summed E-state index contributed by atoms with van der Waals surface area (Å²) in [4.78, 5) is 36.9. The highest BCUT2D eigenvalue weighted by atomic mass is 32.1. The number of aromatic amines is 1. The zero-order chi connectivity index (χ0) is 24.9. The molecular formula is C27H31N5O2S. The van der Waals surface area contributed by atoms with Gasteiger partial charge in [-0.1, -0.05) is 25.1 Å². The number of nitrogens with one attached hydrogen (secondary N) is 1. The molecule has 3 aromatic heterocycles. The Hall–Kier alpha value is -3.26. The Morgan fingerprint density at radius 1 is 1.17 bits per heavy atom. The van der Waals surface area contributed by atoms with Crippen molar-refractivity contribution < 1.29 is 4.79 Å². The molecule has 0 unspecified atom stereocenters. The van der Waals surface area contributed by atoms with Gasteiger partial charge in [0.15, 0.2) is 0 Å². The molecule has 7 nitrogen and oxygen atoms in total. The summed E-state index contributed by atoms with van der Waals surface area (Å²) in [5.41, 5.74) is 6.56. The molecule has 0 aliphatic carbocycles. The second-order valence-electron chi connectivity index (χ2n) is 9.45. The number of nitrogens with zero attached hydrogens (tertiary/aromatic N) is 4. The van der Waals surface area contributed by atoms with Crippen LogP contribution in [0.15, 0.2) is 29.2 Å². The second kappa shape index (κ2) is 9.07. The average Bonchev–Trinajstić information content (AvgIpc) is 3.46. The molecule has 0 atom stereocenters. The van der Waals surface area contributed by atoms with Gasteiger partial charge in [0.1, 0.15) is 9.88 Å². The lowest BCUT2D eigenvalue weighted by molar-refractivity contribution is 0.0717. The standard InChI is InChI=1S/C27H31N5O2S/c1-6-18-8-7-9-20-21(14-28-23(18)20)19-10-12-32(13-11-19)27(34)24-17(4)29-25(35-24)22-15(2)16(3)30-31(5)26(22)33/h7-9,14,19,28H,6,10-13H2,1-5H3. The van der Waals surface area contributed by atoms with Crippen molar-refractivity contribution in [2.75, 3.05) is 13.1 Å². The van der Waals surface area contributed by atoms with Crippen LogP contribution >= 0.6 is 11.3 Å². The third-order valence-electron chi connectivity index (χ3n) is 7.37. The van der Waals surface area contributed by atoms with Gasteiger partial charge < -0.3 is 9.88 Å². The van der Waals surface area contributed by atoms with Crippen molar-refractivity contribution in [2.45, 2.75) is 52.9 Å². The molecule has 1 saturated heterocycles. The van der Waals surface area contributed by atoms with Crippen LogP contribution in [-0.2, 0) is 13.5 Å². The van der Waals surface area contributed by atoms with E-state index in [0.717, 1.165) is 30.5 Å². The molecule has 4 heterocycles. The fourth-order valence-electron chi connectivity index (χ4n) is 5.21. The highest BCUT2D eigenvalue weighted by Crippen LogP contribution is 2.36. The number of H-pyrrole nitrogens is 1. The summed E-state index contributed by atoms with van der Waals surface area (Å²) in [7, 11) is 1.64. The van der Waals surface area contributed by atoms with Gasteiger partial charge in [0.2, 0.25) is 0 Å². The van der Waals surface area contributed by atoms with Crippen LogP contribution < -0.4 is 5.56 Å². The summed E-state index contributed by atoms with van der Waals surface area (Å²) in [6, 6.07) is 6.52. The van der Waals surface area contributed by atoms with E-state index in [9.17, 15) is 9.59 Å². The number of benzene rings is 1. The van der Waals surface area contributed by atoms with Crippen LogP contribution in [0.5, 0.6) is 0 Å². The maximum absolute atomic E-state index is 13.5. The first-order chi connectivity index (χ1) is 16.8. The molecule has 1 N–H and O–H groups in total. The summed E-state index contributed by atoms with van der Waals surface area (Å²) < 4.78 is 1.34. The SMILES string of the molecule is CCc1cccc2c(C3CCN(C(=O)c4sc(-c5c(C)c(C)nn(C)c5=O)nc4C)CC3)c[nH]c12. The molecule has 1 aliphatic rings. The Labute approximate surface area is 208 Å². The molecule has 1 amide bonds. The van der Waals surface area contributed by atoms with Gasteiger partial charge in [0, 0.05) is 37.2 Å². The Morgan fingerprint density at radius 3 is 2.63 bits per heavy atom. The Balaban J connectivity index is 1.36. The van der Waals surface area contributed by atoms with Crippen LogP contribution in [-0.4, -0.2) is 43.6 Å². The molecular weight excluding hydrogens is 458 g/mol. The van der Waals surface area contributed by atoms with Crippen molar-refractivity contribution in [1.82, 2.24) is 24.6 Å². The number of carbonyl (C=O) groups excluding carboxylic acids is 1. The molecule has 8 heteroatoms. The lowest BCUT2D eigenvalue weighted by Crippen LogP contribution is -2.37. The number of rotatable bonds is 4. The summed E-state index contributed by atoms with van der Waals surface area (Å²) in [5.74, 6) is 0.445. The monoisotopic (exact) mass is 489 g/mol. The Kier molecular flexibility index (Phi) is 6.09. The summed E-state index contributed by atoms with van der Waals surface area (Å²) in [6.07, 6.45) is 5.03. The number of para-hydroxylation sites is 1. The minimum Gasteiger partial charge on any atom is -0.361 e. The molecule has 0 bridgehead atoms. The number of aryl methyl sites for hydroxylation is 4. The molecule has 0 radical (unpaired) electrons. The van der Waals surface area contributed by atoms with Crippen molar-refractivity contribution in [3.63, 3.8) is 0 Å². The van der Waals surface area contributed by atoms with Crippen LogP contribution in [0, 0.1) is 20.8 Å². The maximum Gasteiger partial charge on any atom is 0.277 e. The first-order valence-corrected chi connectivity index (χ1v) is 13.0. The highest BCUT2D eigenvalue weighted by Gasteiger charge is 2.29. The van der Waals surface area contributed by atoms with E-state index in [4.69, 9.17) is 0 Å². The number of hydrogen-bond acceptors (Lipinski definition) is 5. The van der Waals surface area contributed by atoms with E-state index in [2.05, 4.69) is 46.4 Å². The number of likely N-dealkylation sites (tertiary alicyclic amines) is 1. The predicted molar refractivity (Wildman–Crippen MR) is 140 cm³/mol. The molecule has 0 spiro atoms. The highest BCUT2D eigenvalue weighted by molar-refractivity contribution is 7.17. The number of amides is 1. The van der Waals surface area contributed by atoms with Crippen LogP contribution in [0.1, 0.15) is 63.4 Å². The van der Waals surface area contributed by atoms with Gasteiger partial charge in [0.05, 0.1) is 17.0 Å². The Bertz CT molecular complexity index is 1490. The molecule has 182 valence electrons. The molecule has 1 fully saturated rings. The van der Waals surface area contributed by atoms with E-state index in [-0.39, 0.29) is 11.5 Å². The topological polar surface area (TPSA) is 83.9 Å². The van der Waals surface area contributed by atoms with Crippen molar-refractivity contribution in [2.24, 2.45) is 7.05 Å². The zero-order valence-corrected chi connectivity index (χ0v) is 21.8. The maximum atomic E-state index is 13.5. The van der Waals surface area contributed by atoms with Gasteiger partial charge >= 0.3 is 0 Å². The molecule has 0 saturated carbocycles. The van der Waals surface area contributed by atoms with Crippen molar-refractivity contribution >= 4 is 28.1 Å². The van der Waals surface area contributed by atoms with Crippen molar-refractivity contribution in [1.29, 1.82) is 0 Å². The summed E-state index contributed by atoms with van der Waals surface area (Å²) in [6.45, 7) is 9.23. The van der Waals surface area contributed by atoms with Gasteiger partial charge in [-0.05, 0) is 62.6 Å². The largest absolute Gasteiger partial charge is 0.361 e. The number of fused-ring (bicyclic) bond motifs is 1. The fraction of sp³-hybridized carbons (Fsp3) is 0.407. The van der Waals surface area contributed by atoms with Crippen molar-refractivity contribution in [3.8, 4) is 10.6 Å². The summed E-state index contributed by atoms with van der Waals surface area (Å²) >= 11 is 1.32. The van der Waals surface area contributed by atoms with Gasteiger partial charge in [0.25, 0.3) is 11.5 Å². The average molecular weight is 490 g/mol. The van der Waals surface area contributed by atoms with Gasteiger partial charge in [-0.2, -0.15) is 5.10 Å². The van der Waals surface area contributed by atoms with E-state index in [1.54, 1.807) is 7.05 Å². The molecule has 1 aromatic carbocycles. The second-order valence-corrected chi connectivity index (χ2v) is 10.5. The lowest BCUT2D eigenvalue weighted by atomic mass is 9.88. The first kappa shape index (κ1) is 23.5. The quantitative estimate of drug-likeness (QED) is 0.442. The molecule has 35 heavy (non-hydrogen) atoms. The number of piperidine rings is 1. The smallest absolute Gasteiger partial charge is 0.277 e. The molecule has 5 rings (SSSR count). The van der Waals surface area contributed by atoms with Crippen molar-refractivity contribution in [3.05, 3.63) is 67.7 Å². The van der Waals surface area contributed by atoms with E-state index >= 15 is 0 Å². The van der Waals surface area contributed by atoms with Gasteiger partial charge in [-0.25, -0.2) is 9.67 Å². The van der Waals surface area contributed by atoms with Gasteiger partial charge in [-0.3, -0.25) is 9.59 Å². The number of carbonyl (C=O) groups is 1. The minimum atomic E-state index is -0.188. The van der Waals surface area contributed by atoms with Gasteiger partial charge in [-0.15, -0.1) is 11.3 Å². The van der Waals surface area contributed by atoms with E-state index < -0.39 is 0 Å². The zero-order valence-electron chi connectivity index (χ0n) is 20.9. The molecule has 1 aliphatic heterocycles. The van der Waals surface area contributed by atoms with E-state index in [1.807, 2.05) is 25.7 Å². The number of aromatic nitrogens is 4. The normalized spacial score (nSPS) is 14.7. The summed E-state index contributed by atoms with van der Waals surface area (Å²) in [5, 5.41) is 6.16. The van der Waals surface area contributed by atoms with Crippen LogP contribution in [0.2, 0.25) is 0 Å². The predicted octanol–water partition coefficient (Wildman–Crippen LogP) is 4.89. The number of thiazole rings is 1. The van der Waals surface area contributed by atoms with Crippen LogP contribution in [0.3, 0.4) is 0 Å². The minimum absolute atomic E-state index is 0.0113. The first-order valence-electron chi connectivity index (χ1n) is 12.2. The van der Waals surface area contributed by atoms with E-state index in [1.165, 1.54) is 38.0 Å². The third kappa shape index (κ3) is 3.99. The lowest BCUT2D eigenvalue weighted by Gasteiger charge is -2.31. The number of hydrogen-bond donors (Lipinski definition) is 1. The molecule has 4 aromatic rings. The van der Waals surface area contributed by atoms with Crippen LogP contribution in [0.25, 0.3) is 21.5 Å². The third-order valence-corrected chi connectivity index (χ3v) is 8.53. The Morgan fingerprint density at radius 2 is 1.91 bits per heavy atom. The fourth-order valence-corrected chi connectivity index (χ4v) is 6.34.